The summed E-state index contributed by atoms with van der Waals surface area (Å²) in [6.07, 6.45) is 0. The van der Waals surface area contributed by atoms with Crippen molar-refractivity contribution in [3.8, 4) is 5.75 Å². The molecule has 0 aliphatic rings. The zero-order chi connectivity index (χ0) is 5.11. The summed E-state index contributed by atoms with van der Waals surface area (Å²) in [7, 11) is 0. The molecule has 0 aromatic heterocycles. The first-order valence-corrected chi connectivity index (χ1v) is 2.13. The minimum atomic E-state index is 0. The van der Waals surface area contributed by atoms with Gasteiger partial charge < -0.3 is 29.9 Å². The van der Waals surface area contributed by atoms with Crippen LogP contribution in [0.25, 0.3) is 0 Å². The third-order valence-electron chi connectivity index (χ3n) is 0.756. The summed E-state index contributed by atoms with van der Waals surface area (Å²) in [5, 5.41) is 8.63. The maximum absolute atomic E-state index is 8.63. The first-order chi connectivity index (χ1) is 3.39. The number of benzene rings is 1. The quantitative estimate of drug-likeness (QED) is 0.405. The van der Waals surface area contributed by atoms with Gasteiger partial charge in [-0.2, -0.15) is 0 Å². The molecule has 0 atom stereocenters. The molecule has 1 aromatic rings. The molecule has 0 aliphatic heterocycles. The van der Waals surface area contributed by atoms with Crippen LogP contribution in [0.15, 0.2) is 30.3 Å². The van der Waals surface area contributed by atoms with Crippen LogP contribution in [0.1, 0.15) is 0 Å². The summed E-state index contributed by atoms with van der Waals surface area (Å²) in [5.41, 5.74) is 0. The molecule has 0 radical (unpaired) electrons. The predicted octanol–water partition coefficient (Wildman–Crippen LogP) is -4.98. The summed E-state index contributed by atoms with van der Waals surface area (Å²) < 4.78 is 0. The van der Waals surface area contributed by atoms with E-state index in [9.17, 15) is 0 Å². The molecule has 1 aromatic carbocycles. The van der Waals surface area contributed by atoms with Gasteiger partial charge in [0, 0.05) is 0 Å². The molecule has 0 heterocycles. The average molecular weight is 189 g/mol. The van der Waals surface area contributed by atoms with Gasteiger partial charge in [-0.05, 0) is 12.1 Å². The number of rotatable bonds is 0. The monoisotopic (exact) mass is 188 g/mol. The first-order valence-electron chi connectivity index (χ1n) is 2.13. The maximum Gasteiger partial charge on any atom is 2.00 e. The minimum Gasteiger partial charge on any atom is -1.00 e. The molecule has 1 N–H and O–H groups in total. The van der Waals surface area contributed by atoms with Crippen LogP contribution < -0.4 is 24.8 Å². The molecule has 0 aliphatic carbocycles. The molecular formula is C6H6Cl2MgO. The van der Waals surface area contributed by atoms with Crippen LogP contribution in [-0.4, -0.2) is 28.2 Å². The molecule has 52 valence electrons. The molecule has 0 fully saturated rings. The molecule has 1 rings (SSSR count). The number of phenols is 1. The van der Waals surface area contributed by atoms with Crippen molar-refractivity contribution < 1.29 is 29.9 Å². The number of para-hydroxylation sites is 1. The molecule has 0 bridgehead atoms. The third kappa shape index (κ3) is 6.49. The van der Waals surface area contributed by atoms with Crippen LogP contribution in [0.4, 0.5) is 0 Å². The van der Waals surface area contributed by atoms with Gasteiger partial charge in [-0.25, -0.2) is 0 Å². The van der Waals surface area contributed by atoms with Gasteiger partial charge >= 0.3 is 23.1 Å². The molecule has 0 saturated heterocycles. The second-order valence-electron chi connectivity index (χ2n) is 1.34. The fourth-order valence-corrected chi connectivity index (χ4v) is 0.428. The molecule has 0 amide bonds. The van der Waals surface area contributed by atoms with Crippen molar-refractivity contribution in [2.45, 2.75) is 0 Å². The van der Waals surface area contributed by atoms with Crippen LogP contribution in [0.2, 0.25) is 0 Å². The van der Waals surface area contributed by atoms with E-state index in [0.717, 1.165) is 0 Å². The van der Waals surface area contributed by atoms with E-state index in [-0.39, 0.29) is 47.9 Å². The van der Waals surface area contributed by atoms with E-state index in [4.69, 9.17) is 5.11 Å². The number of halogens is 2. The second-order valence-corrected chi connectivity index (χ2v) is 1.34. The smallest absolute Gasteiger partial charge is 1.00 e. The molecule has 10 heavy (non-hydrogen) atoms. The fraction of sp³-hybridized carbons (Fsp3) is 0. The molecular weight excluding hydrogens is 183 g/mol. The summed E-state index contributed by atoms with van der Waals surface area (Å²) in [5.74, 6) is 0.322. The van der Waals surface area contributed by atoms with Crippen LogP contribution in [-0.2, 0) is 0 Å². The van der Waals surface area contributed by atoms with Gasteiger partial charge in [0.25, 0.3) is 0 Å². The van der Waals surface area contributed by atoms with Crippen molar-refractivity contribution in [1.82, 2.24) is 0 Å². The van der Waals surface area contributed by atoms with Crippen molar-refractivity contribution >= 4 is 23.1 Å². The Morgan fingerprint density at radius 3 is 1.50 bits per heavy atom. The van der Waals surface area contributed by atoms with E-state index in [1.807, 2.05) is 6.07 Å². The standard InChI is InChI=1S/C6H6O.2ClH.Mg/c7-6-4-2-1-3-5-6;;;/h1-5,7H;2*1H;/q;;;+2/p-2. The number of hydrogen-bond donors (Lipinski definition) is 1. The Bertz CT molecular complexity index is 146. The van der Waals surface area contributed by atoms with Crippen molar-refractivity contribution in [3.63, 3.8) is 0 Å². The summed E-state index contributed by atoms with van der Waals surface area (Å²) in [4.78, 5) is 0. The summed E-state index contributed by atoms with van der Waals surface area (Å²) in [6, 6.07) is 8.71. The van der Waals surface area contributed by atoms with E-state index < -0.39 is 0 Å². The van der Waals surface area contributed by atoms with E-state index in [1.165, 1.54) is 0 Å². The Morgan fingerprint density at radius 1 is 0.900 bits per heavy atom. The zero-order valence-corrected chi connectivity index (χ0v) is 8.22. The first kappa shape index (κ1) is 16.8. The Morgan fingerprint density at radius 2 is 1.30 bits per heavy atom. The van der Waals surface area contributed by atoms with E-state index in [2.05, 4.69) is 0 Å². The van der Waals surface area contributed by atoms with E-state index in [0.29, 0.717) is 5.75 Å². The van der Waals surface area contributed by atoms with Gasteiger partial charge in [-0.15, -0.1) is 0 Å². The SMILES string of the molecule is Oc1ccccc1.[Cl-].[Cl-].[Mg+2]. The molecule has 0 saturated carbocycles. The Balaban J connectivity index is -0.000000163. The van der Waals surface area contributed by atoms with E-state index in [1.54, 1.807) is 24.3 Å². The molecule has 0 unspecified atom stereocenters. The average Bonchev–Trinajstić information content (AvgIpc) is 1.69. The van der Waals surface area contributed by atoms with E-state index >= 15 is 0 Å². The zero-order valence-electron chi connectivity index (χ0n) is 5.30. The van der Waals surface area contributed by atoms with Gasteiger partial charge in [-0.3, -0.25) is 0 Å². The third-order valence-corrected chi connectivity index (χ3v) is 0.756. The van der Waals surface area contributed by atoms with Gasteiger partial charge in [0.05, 0.1) is 0 Å². The molecule has 4 heteroatoms. The molecule has 1 nitrogen and oxygen atoms in total. The van der Waals surface area contributed by atoms with Gasteiger partial charge in [-0.1, -0.05) is 18.2 Å². The van der Waals surface area contributed by atoms with Crippen molar-refractivity contribution in [2.24, 2.45) is 0 Å². The van der Waals surface area contributed by atoms with Crippen LogP contribution in [0, 0.1) is 0 Å². The van der Waals surface area contributed by atoms with Crippen LogP contribution in [0.5, 0.6) is 5.75 Å². The van der Waals surface area contributed by atoms with Gasteiger partial charge in [0.2, 0.25) is 0 Å². The van der Waals surface area contributed by atoms with Gasteiger partial charge in [0.1, 0.15) is 5.75 Å². The topological polar surface area (TPSA) is 20.2 Å². The minimum absolute atomic E-state index is 0. The van der Waals surface area contributed by atoms with Crippen molar-refractivity contribution in [1.29, 1.82) is 0 Å². The predicted molar refractivity (Wildman–Crippen MR) is 33.9 cm³/mol. The van der Waals surface area contributed by atoms with Crippen LogP contribution in [0.3, 0.4) is 0 Å². The van der Waals surface area contributed by atoms with Crippen molar-refractivity contribution in [3.05, 3.63) is 30.3 Å². The number of aromatic hydroxyl groups is 1. The number of hydrogen-bond acceptors (Lipinski definition) is 1. The fourth-order valence-electron chi connectivity index (χ4n) is 0.428. The molecule has 0 spiro atoms. The summed E-state index contributed by atoms with van der Waals surface area (Å²) in [6.45, 7) is 0. The Kier molecular flexibility index (Phi) is 15.7. The Labute approximate surface area is 88.8 Å². The normalized spacial score (nSPS) is 6.00. The summed E-state index contributed by atoms with van der Waals surface area (Å²) >= 11 is 0. The second kappa shape index (κ2) is 9.37. The Hall–Kier alpha value is 0.366. The number of phenolic OH excluding ortho intramolecular Hbond substituents is 1. The maximum atomic E-state index is 8.63. The largest absolute Gasteiger partial charge is 2.00 e. The van der Waals surface area contributed by atoms with Gasteiger partial charge in [0.15, 0.2) is 0 Å². The van der Waals surface area contributed by atoms with Crippen molar-refractivity contribution in [2.75, 3.05) is 0 Å². The van der Waals surface area contributed by atoms with Crippen LogP contribution >= 0.6 is 0 Å².